The molecule has 0 unspecified atom stereocenters. The van der Waals surface area contributed by atoms with E-state index in [2.05, 4.69) is 4.74 Å². The molecule has 0 amide bonds. The Morgan fingerprint density at radius 1 is 1.29 bits per heavy atom. The van der Waals surface area contributed by atoms with E-state index in [9.17, 15) is 8.78 Å². The van der Waals surface area contributed by atoms with Crippen molar-refractivity contribution < 1.29 is 13.5 Å². The van der Waals surface area contributed by atoms with E-state index in [4.69, 9.17) is 0 Å². The minimum atomic E-state index is -0.552. The van der Waals surface area contributed by atoms with E-state index >= 15 is 0 Å². The summed E-state index contributed by atoms with van der Waals surface area (Å²) < 4.78 is 31.2. The Bertz CT molecular complexity index is 328. The van der Waals surface area contributed by atoms with Crippen LogP contribution in [-0.2, 0) is 0 Å². The fourth-order valence-corrected chi connectivity index (χ4v) is 1.14. The highest BCUT2D eigenvalue weighted by Crippen LogP contribution is 2.26. The van der Waals surface area contributed by atoms with Crippen molar-refractivity contribution in [2.24, 2.45) is 0 Å². The fraction of sp³-hybridized carbons (Fsp3) is 0.400. The summed E-state index contributed by atoms with van der Waals surface area (Å²) >= 11 is 0. The van der Waals surface area contributed by atoms with Gasteiger partial charge in [-0.15, -0.1) is 0 Å². The van der Waals surface area contributed by atoms with Crippen LogP contribution in [0.1, 0.15) is 6.92 Å². The van der Waals surface area contributed by atoms with Gasteiger partial charge >= 0.3 is 0 Å². The maximum Gasteiger partial charge on any atom is 0.167 e. The first-order valence-electron chi connectivity index (χ1n) is 4.34. The number of benzene rings is 1. The molecule has 0 saturated carbocycles. The molecule has 1 aromatic carbocycles. The van der Waals surface area contributed by atoms with Crippen LogP contribution in [0.3, 0.4) is 0 Å². The average Bonchev–Trinajstić information content (AvgIpc) is 2.19. The molecule has 14 heavy (non-hydrogen) atoms. The van der Waals surface area contributed by atoms with Crippen molar-refractivity contribution in [2.75, 3.05) is 25.6 Å². The van der Waals surface area contributed by atoms with E-state index in [1.165, 1.54) is 7.11 Å². The van der Waals surface area contributed by atoms with E-state index in [0.29, 0.717) is 6.54 Å². The Kier molecular flexibility index (Phi) is 3.28. The zero-order chi connectivity index (χ0) is 10.7. The van der Waals surface area contributed by atoms with Gasteiger partial charge in [0.1, 0.15) is 5.82 Å². The molecule has 0 spiro atoms. The first kappa shape index (κ1) is 10.8. The molecular weight excluding hydrogens is 188 g/mol. The van der Waals surface area contributed by atoms with Gasteiger partial charge in [-0.1, -0.05) is 0 Å². The van der Waals surface area contributed by atoms with Crippen LogP contribution >= 0.6 is 0 Å². The molecule has 0 heterocycles. The molecule has 0 radical (unpaired) electrons. The number of methoxy groups -OCH3 is 1. The second kappa shape index (κ2) is 4.26. The lowest BCUT2D eigenvalue weighted by atomic mass is 10.2. The summed E-state index contributed by atoms with van der Waals surface area (Å²) in [7, 11) is 3.01. The van der Waals surface area contributed by atoms with Crippen molar-refractivity contribution >= 4 is 5.69 Å². The molecule has 0 aliphatic carbocycles. The molecule has 4 heteroatoms. The lowest BCUT2D eigenvalue weighted by Crippen LogP contribution is -2.17. The standard InChI is InChI=1S/C10H13F2NO/c1-4-13(2)9-5-8(12)10(14-3)6-7(9)11/h5-6H,4H2,1-3H3. The lowest BCUT2D eigenvalue weighted by Gasteiger charge is -2.18. The molecule has 1 rings (SSSR count). The first-order valence-corrected chi connectivity index (χ1v) is 4.34. The maximum absolute atomic E-state index is 13.4. The highest BCUT2D eigenvalue weighted by molar-refractivity contribution is 5.50. The van der Waals surface area contributed by atoms with Crippen LogP contribution in [0.15, 0.2) is 12.1 Å². The number of hydrogen-bond acceptors (Lipinski definition) is 2. The Morgan fingerprint density at radius 3 is 2.43 bits per heavy atom. The van der Waals surface area contributed by atoms with Crippen LogP contribution in [-0.4, -0.2) is 20.7 Å². The van der Waals surface area contributed by atoms with Gasteiger partial charge in [0.25, 0.3) is 0 Å². The largest absolute Gasteiger partial charge is 0.494 e. The Morgan fingerprint density at radius 2 is 1.93 bits per heavy atom. The molecule has 0 fully saturated rings. The van der Waals surface area contributed by atoms with Crippen molar-refractivity contribution in [2.45, 2.75) is 6.92 Å². The van der Waals surface area contributed by atoms with E-state index in [0.717, 1.165) is 12.1 Å². The first-order chi connectivity index (χ1) is 6.60. The fourth-order valence-electron chi connectivity index (χ4n) is 1.14. The summed E-state index contributed by atoms with van der Waals surface area (Å²) in [4.78, 5) is 1.62. The third-order valence-corrected chi connectivity index (χ3v) is 2.11. The monoisotopic (exact) mass is 201 g/mol. The summed E-state index contributed by atoms with van der Waals surface area (Å²) in [6, 6.07) is 2.19. The smallest absolute Gasteiger partial charge is 0.167 e. The molecule has 0 aromatic heterocycles. The number of anilines is 1. The van der Waals surface area contributed by atoms with E-state index in [-0.39, 0.29) is 11.4 Å². The summed E-state index contributed by atoms with van der Waals surface area (Å²) in [5.74, 6) is -1.10. The van der Waals surface area contributed by atoms with Crippen molar-refractivity contribution in [1.82, 2.24) is 0 Å². The minimum absolute atomic E-state index is 0.0734. The summed E-state index contributed by atoms with van der Waals surface area (Å²) in [5.41, 5.74) is 0.241. The molecule has 2 nitrogen and oxygen atoms in total. The SMILES string of the molecule is CCN(C)c1cc(F)c(OC)cc1F. The van der Waals surface area contributed by atoms with Crippen molar-refractivity contribution in [3.05, 3.63) is 23.8 Å². The highest BCUT2D eigenvalue weighted by Gasteiger charge is 2.12. The second-order valence-corrected chi connectivity index (χ2v) is 2.95. The number of rotatable bonds is 3. The van der Waals surface area contributed by atoms with Crippen LogP contribution in [0.25, 0.3) is 0 Å². The van der Waals surface area contributed by atoms with Gasteiger partial charge < -0.3 is 9.64 Å². The van der Waals surface area contributed by atoms with Crippen LogP contribution in [0.2, 0.25) is 0 Å². The minimum Gasteiger partial charge on any atom is -0.494 e. The normalized spacial score (nSPS) is 10.1. The molecule has 0 aliphatic rings. The van der Waals surface area contributed by atoms with Gasteiger partial charge in [0.05, 0.1) is 12.8 Å². The third-order valence-electron chi connectivity index (χ3n) is 2.11. The number of nitrogens with zero attached hydrogens (tertiary/aromatic N) is 1. The number of halogens is 2. The quantitative estimate of drug-likeness (QED) is 0.744. The van der Waals surface area contributed by atoms with Gasteiger partial charge in [-0.25, -0.2) is 8.78 Å². The van der Waals surface area contributed by atoms with Crippen molar-refractivity contribution in [3.63, 3.8) is 0 Å². The maximum atomic E-state index is 13.4. The van der Waals surface area contributed by atoms with Crippen molar-refractivity contribution in [1.29, 1.82) is 0 Å². The van der Waals surface area contributed by atoms with Gasteiger partial charge in [0.2, 0.25) is 0 Å². The predicted octanol–water partition coefficient (Wildman–Crippen LogP) is 2.43. The third kappa shape index (κ3) is 1.95. The predicted molar refractivity (Wildman–Crippen MR) is 51.9 cm³/mol. The van der Waals surface area contributed by atoms with Gasteiger partial charge in [0, 0.05) is 25.7 Å². The van der Waals surface area contributed by atoms with Gasteiger partial charge in [-0.2, -0.15) is 0 Å². The highest BCUT2D eigenvalue weighted by atomic mass is 19.1. The van der Waals surface area contributed by atoms with Crippen molar-refractivity contribution in [3.8, 4) is 5.75 Å². The van der Waals surface area contributed by atoms with Gasteiger partial charge in [-0.05, 0) is 6.92 Å². The molecular formula is C10H13F2NO. The average molecular weight is 201 g/mol. The van der Waals surface area contributed by atoms with Crippen LogP contribution in [0, 0.1) is 11.6 Å². The zero-order valence-electron chi connectivity index (χ0n) is 8.47. The topological polar surface area (TPSA) is 12.5 Å². The molecule has 1 aromatic rings. The number of ether oxygens (including phenoxy) is 1. The van der Waals surface area contributed by atoms with Crippen LogP contribution < -0.4 is 9.64 Å². The van der Waals surface area contributed by atoms with Crippen LogP contribution in [0.5, 0.6) is 5.75 Å². The summed E-state index contributed by atoms with van der Waals surface area (Å²) in [6.45, 7) is 2.48. The summed E-state index contributed by atoms with van der Waals surface area (Å²) in [5, 5.41) is 0. The molecule has 78 valence electrons. The van der Waals surface area contributed by atoms with Crippen LogP contribution in [0.4, 0.5) is 14.5 Å². The van der Waals surface area contributed by atoms with E-state index in [1.807, 2.05) is 6.92 Å². The Hall–Kier alpha value is -1.32. The van der Waals surface area contributed by atoms with E-state index < -0.39 is 11.6 Å². The molecule has 0 aliphatic heterocycles. The zero-order valence-corrected chi connectivity index (χ0v) is 8.47. The van der Waals surface area contributed by atoms with E-state index in [1.54, 1.807) is 11.9 Å². The molecule has 0 bridgehead atoms. The lowest BCUT2D eigenvalue weighted by molar-refractivity contribution is 0.383. The van der Waals surface area contributed by atoms with Gasteiger partial charge in [-0.3, -0.25) is 0 Å². The van der Waals surface area contributed by atoms with Gasteiger partial charge in [0.15, 0.2) is 11.6 Å². The Labute approximate surface area is 82.1 Å². The summed E-state index contributed by atoms with van der Waals surface area (Å²) in [6.07, 6.45) is 0. The molecule has 0 atom stereocenters. The molecule has 0 saturated heterocycles. The molecule has 0 N–H and O–H groups in total. The Balaban J connectivity index is 3.14. The second-order valence-electron chi connectivity index (χ2n) is 2.95. The number of hydrogen-bond donors (Lipinski definition) is 0.